The van der Waals surface area contributed by atoms with Crippen molar-refractivity contribution in [3.8, 4) is 5.75 Å². The summed E-state index contributed by atoms with van der Waals surface area (Å²) in [6, 6.07) is 2.95. The molecule has 13 heteroatoms. The molecule has 1 aromatic carbocycles. The van der Waals surface area contributed by atoms with E-state index in [0.717, 1.165) is 5.56 Å². The molecule has 4 rings (SSSR count). The molecule has 0 unspecified atom stereocenters. The van der Waals surface area contributed by atoms with E-state index < -0.39 is 59.8 Å². The molecule has 0 aliphatic carbocycles. The molecule has 44 heavy (non-hydrogen) atoms. The van der Waals surface area contributed by atoms with Gasteiger partial charge in [-0.15, -0.1) is 0 Å². The highest BCUT2D eigenvalue weighted by atomic mass is 35.5. The van der Waals surface area contributed by atoms with Crippen LogP contribution in [-0.4, -0.2) is 93.2 Å². The third-order valence-corrected chi connectivity index (χ3v) is 9.11. The zero-order valence-corrected chi connectivity index (χ0v) is 26.8. The summed E-state index contributed by atoms with van der Waals surface area (Å²) in [6.45, 7) is 5.23. The lowest BCUT2D eigenvalue weighted by Crippen LogP contribution is -2.63. The third kappa shape index (κ3) is 6.89. The van der Waals surface area contributed by atoms with Crippen LogP contribution in [0.4, 0.5) is 10.5 Å². The Morgan fingerprint density at radius 2 is 2.00 bits per heavy atom. The van der Waals surface area contributed by atoms with Crippen LogP contribution >= 0.6 is 11.6 Å². The predicted octanol–water partition coefficient (Wildman–Crippen LogP) is 2.89. The second-order valence-electron chi connectivity index (χ2n) is 11.7. The maximum absolute atomic E-state index is 13.8. The number of allylic oxidation sites excluding steroid dienone is 3. The number of epoxide rings is 1. The van der Waals surface area contributed by atoms with Gasteiger partial charge < -0.3 is 39.0 Å². The van der Waals surface area contributed by atoms with Crippen molar-refractivity contribution < 1.29 is 43.2 Å². The second kappa shape index (κ2) is 13.5. The quantitative estimate of drug-likeness (QED) is 0.326. The number of likely N-dealkylation sites (N-methyl/N-ethyl adjacent to an activating group) is 1. The van der Waals surface area contributed by atoms with Crippen LogP contribution in [0.3, 0.4) is 0 Å². The Morgan fingerprint density at radius 3 is 2.66 bits per heavy atom. The number of halogens is 1. The van der Waals surface area contributed by atoms with Crippen LogP contribution in [0.15, 0.2) is 36.4 Å². The van der Waals surface area contributed by atoms with Gasteiger partial charge in [-0.3, -0.25) is 14.9 Å². The SMILES string of the molecule is CN[C@@H](C)C(=O)O[C@H]1CC(=O)N(C)c2cc(cc(OC)c2Cl)C/C=C/C=C/[C@@H](OC)[C@@]2(O)C[C@H](OC(=O)N2)[C@@H](C)[C@@H]2O[C@@]12C. The molecule has 0 saturated carbocycles. The molecular formula is C31H42ClN3O9. The van der Waals surface area contributed by atoms with Gasteiger partial charge in [0.1, 0.15) is 40.7 Å². The average molecular weight is 636 g/mol. The maximum Gasteiger partial charge on any atom is 0.409 e. The van der Waals surface area contributed by atoms with E-state index in [9.17, 15) is 19.5 Å². The van der Waals surface area contributed by atoms with Crippen LogP contribution in [0.25, 0.3) is 0 Å². The van der Waals surface area contributed by atoms with Gasteiger partial charge in [-0.05, 0) is 45.0 Å². The number of benzene rings is 1. The minimum Gasteiger partial charge on any atom is -0.495 e. The van der Waals surface area contributed by atoms with Crippen LogP contribution in [0.5, 0.6) is 5.75 Å². The number of ether oxygens (including phenoxy) is 5. The number of aliphatic hydroxyl groups is 1. The summed E-state index contributed by atoms with van der Waals surface area (Å²) in [6.07, 6.45) is 3.24. The van der Waals surface area contributed by atoms with E-state index in [0.29, 0.717) is 17.9 Å². The van der Waals surface area contributed by atoms with Crippen LogP contribution in [0.2, 0.25) is 5.02 Å². The highest BCUT2D eigenvalue weighted by molar-refractivity contribution is 6.35. The van der Waals surface area contributed by atoms with Crippen molar-refractivity contribution in [2.75, 3.05) is 33.2 Å². The maximum atomic E-state index is 13.8. The molecule has 0 aromatic heterocycles. The number of methoxy groups -OCH3 is 2. The van der Waals surface area contributed by atoms with E-state index in [-0.39, 0.29) is 23.8 Å². The Bertz CT molecular complexity index is 1320. The minimum atomic E-state index is -1.77. The second-order valence-corrected chi connectivity index (χ2v) is 12.1. The number of anilines is 1. The van der Waals surface area contributed by atoms with Crippen molar-refractivity contribution in [1.82, 2.24) is 10.6 Å². The monoisotopic (exact) mass is 635 g/mol. The Hall–Kier alpha value is -3.16. The van der Waals surface area contributed by atoms with Gasteiger partial charge >= 0.3 is 12.1 Å². The minimum absolute atomic E-state index is 0.00452. The molecule has 2 fully saturated rings. The summed E-state index contributed by atoms with van der Waals surface area (Å²) in [5.41, 5.74) is -1.61. The van der Waals surface area contributed by atoms with Crippen LogP contribution in [0.1, 0.15) is 39.2 Å². The largest absolute Gasteiger partial charge is 0.495 e. The van der Waals surface area contributed by atoms with Crippen molar-refractivity contribution >= 4 is 35.3 Å². The zero-order valence-electron chi connectivity index (χ0n) is 26.1. The number of alkyl carbamates (subject to hydrolysis) is 1. The number of esters is 1. The first-order chi connectivity index (χ1) is 20.8. The fourth-order valence-electron chi connectivity index (χ4n) is 5.73. The molecule has 3 heterocycles. The van der Waals surface area contributed by atoms with Crippen molar-refractivity contribution in [3.05, 3.63) is 47.0 Å². The van der Waals surface area contributed by atoms with Crippen LogP contribution < -0.4 is 20.3 Å². The normalized spacial score (nSPS) is 34.6. The van der Waals surface area contributed by atoms with Crippen molar-refractivity contribution in [2.24, 2.45) is 5.92 Å². The molecule has 3 aliphatic heterocycles. The highest BCUT2D eigenvalue weighted by Crippen LogP contribution is 2.49. The fourth-order valence-corrected chi connectivity index (χ4v) is 6.04. The van der Waals surface area contributed by atoms with Gasteiger partial charge in [0, 0.05) is 26.5 Å². The first-order valence-electron chi connectivity index (χ1n) is 14.5. The standard InChI is InChI=1S/C31H42ClN3O9/c1-17-22-16-31(39,34-29(38)42-22)23(41-7)12-10-8-9-11-19-13-20(26(32)21(14-19)40-6)35(5)25(36)15-24(30(3)27(17)44-30)43-28(37)18(2)33-4/h8-10,12-14,17-18,22-24,27,33,39H,11,15-16H2,1-7H3,(H,34,38)/b9-8+,12-10+/t17-,18+,22+,23-,24+,27+,30+,31+/m1/s1. The molecule has 2 saturated heterocycles. The summed E-state index contributed by atoms with van der Waals surface area (Å²) in [5.74, 6) is -0.978. The van der Waals surface area contributed by atoms with Crippen LogP contribution in [0, 0.1) is 5.92 Å². The van der Waals surface area contributed by atoms with E-state index in [1.54, 1.807) is 58.3 Å². The number of nitrogens with zero attached hydrogens (tertiary/aromatic N) is 1. The molecule has 3 N–H and O–H groups in total. The fraction of sp³-hybridized carbons (Fsp3) is 0.581. The van der Waals surface area contributed by atoms with Gasteiger partial charge in [0.2, 0.25) is 5.91 Å². The summed E-state index contributed by atoms with van der Waals surface area (Å²) in [5, 5.41) is 17.1. The number of carbonyl (C=O) groups excluding carboxylic acids is 3. The van der Waals surface area contributed by atoms with E-state index in [1.807, 2.05) is 13.0 Å². The number of carbonyl (C=O) groups is 3. The molecule has 0 spiro atoms. The molecule has 1 aromatic rings. The van der Waals surface area contributed by atoms with Crippen molar-refractivity contribution in [2.45, 2.75) is 81.8 Å². The Morgan fingerprint density at radius 1 is 1.27 bits per heavy atom. The van der Waals surface area contributed by atoms with E-state index in [1.165, 1.54) is 19.1 Å². The van der Waals surface area contributed by atoms with Crippen molar-refractivity contribution in [3.63, 3.8) is 0 Å². The van der Waals surface area contributed by atoms with Gasteiger partial charge in [-0.1, -0.05) is 42.8 Å². The predicted molar refractivity (Wildman–Crippen MR) is 163 cm³/mol. The third-order valence-electron chi connectivity index (χ3n) is 8.73. The lowest BCUT2D eigenvalue weighted by Gasteiger charge is -2.42. The number of amides is 2. The van der Waals surface area contributed by atoms with Gasteiger partial charge in [-0.2, -0.15) is 0 Å². The number of rotatable bonds is 5. The number of hydrogen-bond donors (Lipinski definition) is 3. The van der Waals surface area contributed by atoms with Gasteiger partial charge in [-0.25, -0.2) is 4.79 Å². The van der Waals surface area contributed by atoms with Gasteiger partial charge in [0.05, 0.1) is 25.3 Å². The summed E-state index contributed by atoms with van der Waals surface area (Å²) < 4.78 is 28.7. The molecule has 12 nitrogen and oxygen atoms in total. The summed E-state index contributed by atoms with van der Waals surface area (Å²) >= 11 is 6.65. The van der Waals surface area contributed by atoms with Crippen molar-refractivity contribution in [1.29, 1.82) is 0 Å². The van der Waals surface area contributed by atoms with E-state index >= 15 is 0 Å². The molecule has 3 aliphatic rings. The first-order valence-corrected chi connectivity index (χ1v) is 14.9. The number of nitrogens with one attached hydrogen (secondary N) is 2. The van der Waals surface area contributed by atoms with Gasteiger partial charge in [0.25, 0.3) is 0 Å². The first kappa shape index (κ1) is 33.7. The number of hydrogen-bond acceptors (Lipinski definition) is 10. The smallest absolute Gasteiger partial charge is 0.409 e. The van der Waals surface area contributed by atoms with E-state index in [4.69, 9.17) is 35.3 Å². The average Bonchev–Trinajstić information content (AvgIpc) is 3.69. The van der Waals surface area contributed by atoms with E-state index in [2.05, 4.69) is 10.6 Å². The molecule has 8 atom stereocenters. The molecule has 4 bridgehead atoms. The van der Waals surface area contributed by atoms with Gasteiger partial charge in [0.15, 0.2) is 5.72 Å². The highest BCUT2D eigenvalue weighted by Gasteiger charge is 2.64. The Kier molecular flexibility index (Phi) is 10.3. The molecule has 0 radical (unpaired) electrons. The Balaban J connectivity index is 1.77. The Labute approximate surface area is 262 Å². The summed E-state index contributed by atoms with van der Waals surface area (Å²) in [4.78, 5) is 40.8. The topological polar surface area (TPSA) is 148 Å². The molecular weight excluding hydrogens is 594 g/mol. The zero-order chi connectivity index (χ0) is 32.4. The molecule has 242 valence electrons. The van der Waals surface area contributed by atoms with Crippen LogP contribution in [-0.2, 0) is 35.0 Å². The summed E-state index contributed by atoms with van der Waals surface area (Å²) in [7, 11) is 6.16. The lowest BCUT2D eigenvalue weighted by atomic mass is 9.83. The molecule has 2 amide bonds. The lowest BCUT2D eigenvalue weighted by molar-refractivity contribution is -0.155. The number of fused-ring (bicyclic) bond motifs is 5.